The number of aromatic nitrogens is 2. The van der Waals surface area contributed by atoms with Crippen LogP contribution in [-0.2, 0) is 4.74 Å². The predicted octanol–water partition coefficient (Wildman–Crippen LogP) is 3.28. The monoisotopic (exact) mass is 382 g/mol. The molecular weight excluding hydrogens is 368 g/mol. The fraction of sp³-hybridized carbons (Fsp3) is 0.0526. The van der Waals surface area contributed by atoms with E-state index in [2.05, 4.69) is 25.5 Å². The van der Waals surface area contributed by atoms with Gasteiger partial charge in [0, 0.05) is 5.56 Å². The summed E-state index contributed by atoms with van der Waals surface area (Å²) in [7, 11) is 1.32. The summed E-state index contributed by atoms with van der Waals surface area (Å²) in [5.41, 5.74) is 5.10. The van der Waals surface area contributed by atoms with Gasteiger partial charge in [0.25, 0.3) is 5.91 Å². The molecule has 2 aromatic carbocycles. The molecule has 0 aliphatic rings. The van der Waals surface area contributed by atoms with Gasteiger partial charge in [-0.3, -0.25) is 9.89 Å². The van der Waals surface area contributed by atoms with Crippen molar-refractivity contribution in [2.75, 3.05) is 7.11 Å². The maximum atomic E-state index is 12.2. The molecule has 0 saturated carbocycles. The van der Waals surface area contributed by atoms with Crippen LogP contribution in [0.4, 0.5) is 0 Å². The Hall–Kier alpha value is -3.45. The highest BCUT2D eigenvalue weighted by Gasteiger charge is 2.12. The summed E-state index contributed by atoms with van der Waals surface area (Å²) in [6.07, 6.45) is 1.46. The van der Waals surface area contributed by atoms with Gasteiger partial charge in [0.15, 0.2) is 0 Å². The third kappa shape index (κ3) is 4.39. The largest absolute Gasteiger partial charge is 0.465 e. The van der Waals surface area contributed by atoms with Gasteiger partial charge >= 0.3 is 5.97 Å². The Morgan fingerprint density at radius 1 is 1.19 bits per heavy atom. The van der Waals surface area contributed by atoms with Crippen LogP contribution in [0.15, 0.2) is 59.7 Å². The molecule has 0 aliphatic heterocycles. The van der Waals surface area contributed by atoms with Crippen LogP contribution in [0, 0.1) is 0 Å². The second kappa shape index (κ2) is 8.29. The minimum Gasteiger partial charge on any atom is -0.465 e. The van der Waals surface area contributed by atoms with Crippen molar-refractivity contribution in [3.05, 3.63) is 76.4 Å². The van der Waals surface area contributed by atoms with Crippen LogP contribution in [0.25, 0.3) is 11.3 Å². The van der Waals surface area contributed by atoms with Crippen LogP contribution >= 0.6 is 11.6 Å². The van der Waals surface area contributed by atoms with Crippen molar-refractivity contribution in [3.63, 3.8) is 0 Å². The van der Waals surface area contributed by atoms with Gasteiger partial charge < -0.3 is 4.74 Å². The lowest BCUT2D eigenvalue weighted by atomic mass is 10.1. The Bertz CT molecular complexity index is 996. The van der Waals surface area contributed by atoms with E-state index >= 15 is 0 Å². The molecule has 1 amide bonds. The number of hydrazone groups is 1. The average molecular weight is 383 g/mol. The lowest BCUT2D eigenvalue weighted by Gasteiger charge is -1.99. The van der Waals surface area contributed by atoms with Crippen LogP contribution in [0.3, 0.4) is 0 Å². The molecule has 8 heteroatoms. The van der Waals surface area contributed by atoms with Crippen molar-refractivity contribution in [3.8, 4) is 11.3 Å². The first-order valence-corrected chi connectivity index (χ1v) is 8.28. The minimum absolute atomic E-state index is 0.253. The molecule has 27 heavy (non-hydrogen) atoms. The highest BCUT2D eigenvalue weighted by atomic mass is 35.5. The van der Waals surface area contributed by atoms with Crippen LogP contribution in [0.1, 0.15) is 26.4 Å². The Morgan fingerprint density at radius 2 is 1.93 bits per heavy atom. The quantitative estimate of drug-likeness (QED) is 0.402. The Balaban J connectivity index is 1.63. The number of aromatic amines is 1. The highest BCUT2D eigenvalue weighted by molar-refractivity contribution is 6.33. The number of hydrogen-bond acceptors (Lipinski definition) is 5. The number of ether oxygens (including phenoxy) is 1. The molecule has 7 nitrogen and oxygen atoms in total. The number of carbonyl (C=O) groups excluding carboxylic acids is 2. The van der Waals surface area contributed by atoms with E-state index in [9.17, 15) is 9.59 Å². The molecule has 136 valence electrons. The standard InChI is InChI=1S/C19H15ClN4O3/c1-27-19(26)13-8-6-12(7-9-13)11-21-24-18(25)17-10-16(22-23-17)14-4-2-3-5-15(14)20/h2-11H,1H3,(H,22,23)(H,24,25). The molecule has 0 aliphatic carbocycles. The molecule has 1 heterocycles. The summed E-state index contributed by atoms with van der Waals surface area (Å²) < 4.78 is 4.63. The fourth-order valence-electron chi connectivity index (χ4n) is 2.29. The van der Waals surface area contributed by atoms with Gasteiger partial charge in [-0.05, 0) is 29.8 Å². The van der Waals surface area contributed by atoms with Crippen LogP contribution in [0.5, 0.6) is 0 Å². The summed E-state index contributed by atoms with van der Waals surface area (Å²) in [5, 5.41) is 11.2. The van der Waals surface area contributed by atoms with Gasteiger partial charge in [-0.15, -0.1) is 0 Å². The van der Waals surface area contributed by atoms with Crippen molar-refractivity contribution < 1.29 is 14.3 Å². The number of benzene rings is 2. The van der Waals surface area contributed by atoms with E-state index in [4.69, 9.17) is 11.6 Å². The molecule has 0 unspecified atom stereocenters. The Morgan fingerprint density at radius 3 is 2.63 bits per heavy atom. The van der Waals surface area contributed by atoms with E-state index in [1.807, 2.05) is 18.2 Å². The second-order valence-corrected chi connectivity index (χ2v) is 5.87. The van der Waals surface area contributed by atoms with Crippen molar-refractivity contribution in [2.45, 2.75) is 0 Å². The van der Waals surface area contributed by atoms with Gasteiger partial charge in [0.1, 0.15) is 5.69 Å². The van der Waals surface area contributed by atoms with Gasteiger partial charge in [-0.1, -0.05) is 41.9 Å². The molecule has 0 spiro atoms. The zero-order valence-electron chi connectivity index (χ0n) is 14.3. The van der Waals surface area contributed by atoms with Gasteiger partial charge in [-0.2, -0.15) is 10.2 Å². The number of H-pyrrole nitrogens is 1. The second-order valence-electron chi connectivity index (χ2n) is 5.46. The number of amides is 1. The summed E-state index contributed by atoms with van der Waals surface area (Å²) in [5.74, 6) is -0.858. The van der Waals surface area contributed by atoms with E-state index in [-0.39, 0.29) is 5.69 Å². The third-order valence-electron chi connectivity index (χ3n) is 3.68. The van der Waals surface area contributed by atoms with E-state index in [1.165, 1.54) is 13.3 Å². The molecule has 0 fully saturated rings. The SMILES string of the molecule is COC(=O)c1ccc(C=NNC(=O)c2cc(-c3ccccc3Cl)n[nH]2)cc1. The van der Waals surface area contributed by atoms with E-state index in [1.54, 1.807) is 36.4 Å². The maximum absolute atomic E-state index is 12.2. The smallest absolute Gasteiger partial charge is 0.337 e. The summed E-state index contributed by atoms with van der Waals surface area (Å²) in [4.78, 5) is 23.5. The number of rotatable bonds is 5. The van der Waals surface area contributed by atoms with Gasteiger partial charge in [0.2, 0.25) is 0 Å². The summed E-state index contributed by atoms with van der Waals surface area (Å²) in [6.45, 7) is 0. The number of esters is 1. The molecule has 1 aromatic heterocycles. The molecule has 3 rings (SSSR count). The zero-order valence-corrected chi connectivity index (χ0v) is 15.0. The molecule has 0 saturated heterocycles. The molecular formula is C19H15ClN4O3. The van der Waals surface area contributed by atoms with Gasteiger partial charge in [0.05, 0.1) is 29.6 Å². The van der Waals surface area contributed by atoms with E-state index < -0.39 is 11.9 Å². The zero-order chi connectivity index (χ0) is 19.2. The lowest BCUT2D eigenvalue weighted by Crippen LogP contribution is -2.18. The number of hydrogen-bond donors (Lipinski definition) is 2. The minimum atomic E-state index is -0.441. The molecule has 0 bridgehead atoms. The summed E-state index contributed by atoms with van der Waals surface area (Å²) >= 11 is 6.13. The number of nitrogens with one attached hydrogen (secondary N) is 2. The van der Waals surface area contributed by atoms with Crippen molar-refractivity contribution in [1.29, 1.82) is 0 Å². The van der Waals surface area contributed by atoms with Crippen LogP contribution in [-0.4, -0.2) is 35.4 Å². The van der Waals surface area contributed by atoms with E-state index in [0.29, 0.717) is 21.8 Å². The van der Waals surface area contributed by atoms with Crippen LogP contribution in [0.2, 0.25) is 5.02 Å². The van der Waals surface area contributed by atoms with Crippen molar-refractivity contribution >= 4 is 29.7 Å². The maximum Gasteiger partial charge on any atom is 0.337 e. The number of carbonyl (C=O) groups is 2. The normalized spacial score (nSPS) is 10.7. The van der Waals surface area contributed by atoms with E-state index in [0.717, 1.165) is 5.56 Å². The predicted molar refractivity (Wildman–Crippen MR) is 102 cm³/mol. The first kappa shape index (κ1) is 18.3. The molecule has 0 radical (unpaired) electrons. The topological polar surface area (TPSA) is 96.4 Å². The highest BCUT2D eigenvalue weighted by Crippen LogP contribution is 2.26. The lowest BCUT2D eigenvalue weighted by molar-refractivity contribution is 0.0600. The first-order valence-electron chi connectivity index (χ1n) is 7.90. The average Bonchev–Trinajstić information content (AvgIpc) is 3.18. The molecule has 3 aromatic rings. The Kier molecular flexibility index (Phi) is 5.63. The number of nitrogens with zero attached hydrogens (tertiary/aromatic N) is 2. The molecule has 0 atom stereocenters. The number of methoxy groups -OCH3 is 1. The van der Waals surface area contributed by atoms with Gasteiger partial charge in [-0.25, -0.2) is 10.2 Å². The first-order chi connectivity index (χ1) is 13.1. The fourth-order valence-corrected chi connectivity index (χ4v) is 2.53. The van der Waals surface area contributed by atoms with Crippen molar-refractivity contribution in [2.24, 2.45) is 5.10 Å². The van der Waals surface area contributed by atoms with Crippen molar-refractivity contribution in [1.82, 2.24) is 15.6 Å². The number of halogens is 1. The summed E-state index contributed by atoms with van der Waals surface area (Å²) in [6, 6.07) is 15.4. The molecule has 2 N–H and O–H groups in total. The van der Waals surface area contributed by atoms with Crippen LogP contribution < -0.4 is 5.43 Å². The third-order valence-corrected chi connectivity index (χ3v) is 4.01. The Labute approximate surface area is 160 Å².